The Morgan fingerprint density at radius 1 is 1.19 bits per heavy atom. The molecule has 1 heterocycles. The number of anilines is 1. The molecule has 6 heteroatoms. The van der Waals surface area contributed by atoms with Gasteiger partial charge in [0.25, 0.3) is 5.91 Å². The lowest BCUT2D eigenvalue weighted by molar-refractivity contribution is -0.115. The molecule has 1 fully saturated rings. The zero-order chi connectivity index (χ0) is 19.7. The van der Waals surface area contributed by atoms with Gasteiger partial charge in [0.05, 0.1) is 12.2 Å². The van der Waals surface area contributed by atoms with Gasteiger partial charge in [-0.1, -0.05) is 13.8 Å². The number of aryl methyl sites for hydroxylation is 2. The van der Waals surface area contributed by atoms with Crippen LogP contribution in [0.3, 0.4) is 0 Å². The predicted octanol–water partition coefficient (Wildman–Crippen LogP) is 4.37. The summed E-state index contributed by atoms with van der Waals surface area (Å²) >= 11 is 0. The molecule has 0 spiro atoms. The Kier molecular flexibility index (Phi) is 5.08. The van der Waals surface area contributed by atoms with E-state index in [9.17, 15) is 14.7 Å². The number of urea groups is 1. The van der Waals surface area contributed by atoms with E-state index in [-0.39, 0.29) is 24.1 Å². The van der Waals surface area contributed by atoms with Gasteiger partial charge in [0.15, 0.2) is 0 Å². The second kappa shape index (κ2) is 7.31. The Morgan fingerprint density at radius 2 is 1.85 bits per heavy atom. The number of ether oxygens (including phenoxy) is 1. The molecule has 0 saturated carbocycles. The minimum absolute atomic E-state index is 0.0150. The number of nitrogens with zero attached hydrogens (tertiary/aromatic N) is 1. The van der Waals surface area contributed by atoms with Crippen LogP contribution in [-0.2, 0) is 4.79 Å². The Bertz CT molecular complexity index is 868. The van der Waals surface area contributed by atoms with Gasteiger partial charge < -0.3 is 15.2 Å². The average molecular weight is 368 g/mol. The third kappa shape index (κ3) is 3.60. The standard InChI is InChI=1S/C21H24N2O4/c1-5-12(2)17-10-16(6-7-18(17)24)27-20-13(3)8-15(9-14(20)4)23-19(25)11-22-21(23)26/h6-10,12,24H,5,11H2,1-4H3,(H,22,26). The first-order valence-corrected chi connectivity index (χ1v) is 9.04. The summed E-state index contributed by atoms with van der Waals surface area (Å²) in [6, 6.07) is 8.34. The van der Waals surface area contributed by atoms with Crippen LogP contribution in [0.5, 0.6) is 17.2 Å². The number of carbonyl (C=O) groups excluding carboxylic acids is 2. The fourth-order valence-corrected chi connectivity index (χ4v) is 3.23. The maximum absolute atomic E-state index is 11.9. The second-order valence-electron chi connectivity index (χ2n) is 6.93. The molecule has 2 aromatic carbocycles. The topological polar surface area (TPSA) is 78.9 Å². The molecule has 1 aliphatic heterocycles. The van der Waals surface area contributed by atoms with Crippen LogP contribution in [0.4, 0.5) is 10.5 Å². The molecule has 0 bridgehead atoms. The maximum atomic E-state index is 11.9. The molecule has 6 nitrogen and oxygen atoms in total. The van der Waals surface area contributed by atoms with E-state index in [4.69, 9.17) is 4.74 Å². The molecule has 1 saturated heterocycles. The van der Waals surface area contributed by atoms with Gasteiger partial charge in [0, 0.05) is 5.56 Å². The SMILES string of the molecule is CCC(C)c1cc(Oc2c(C)cc(N3C(=O)CNC3=O)cc2C)ccc1O. The van der Waals surface area contributed by atoms with E-state index < -0.39 is 6.03 Å². The van der Waals surface area contributed by atoms with Crippen LogP contribution in [0.2, 0.25) is 0 Å². The summed E-state index contributed by atoms with van der Waals surface area (Å²) in [5.74, 6) is 1.52. The zero-order valence-corrected chi connectivity index (χ0v) is 16.0. The number of aromatic hydroxyl groups is 1. The highest BCUT2D eigenvalue weighted by atomic mass is 16.5. The fraction of sp³-hybridized carbons (Fsp3) is 0.333. The lowest BCUT2D eigenvalue weighted by Gasteiger charge is -2.19. The average Bonchev–Trinajstić information content (AvgIpc) is 2.97. The van der Waals surface area contributed by atoms with Crippen LogP contribution in [0.25, 0.3) is 0 Å². The largest absolute Gasteiger partial charge is 0.508 e. The van der Waals surface area contributed by atoms with Gasteiger partial charge in [-0.05, 0) is 67.6 Å². The molecule has 1 atom stereocenters. The quantitative estimate of drug-likeness (QED) is 0.768. The van der Waals surface area contributed by atoms with Crippen LogP contribution >= 0.6 is 0 Å². The van der Waals surface area contributed by atoms with Crippen molar-refractivity contribution in [2.24, 2.45) is 0 Å². The van der Waals surface area contributed by atoms with Crippen LogP contribution in [0.1, 0.15) is 42.9 Å². The smallest absolute Gasteiger partial charge is 0.329 e. The molecule has 27 heavy (non-hydrogen) atoms. The number of imide groups is 1. The number of hydrogen-bond acceptors (Lipinski definition) is 4. The van der Waals surface area contributed by atoms with Crippen molar-refractivity contribution in [3.63, 3.8) is 0 Å². The summed E-state index contributed by atoms with van der Waals surface area (Å²) in [6.07, 6.45) is 0.912. The van der Waals surface area contributed by atoms with Crippen molar-refractivity contribution in [1.82, 2.24) is 5.32 Å². The highest BCUT2D eigenvalue weighted by molar-refractivity contribution is 6.19. The highest BCUT2D eigenvalue weighted by Gasteiger charge is 2.30. The minimum atomic E-state index is -0.413. The number of nitrogens with one attached hydrogen (secondary N) is 1. The number of phenolic OH excluding ortho intramolecular Hbond substituents is 1. The molecule has 2 N–H and O–H groups in total. The number of rotatable bonds is 5. The second-order valence-corrected chi connectivity index (χ2v) is 6.93. The van der Waals surface area contributed by atoms with E-state index in [1.54, 1.807) is 24.3 Å². The Labute approximate surface area is 158 Å². The van der Waals surface area contributed by atoms with Gasteiger partial charge in [-0.3, -0.25) is 4.79 Å². The number of hydrogen-bond donors (Lipinski definition) is 2. The normalized spacial score (nSPS) is 15.0. The molecule has 1 aliphatic rings. The van der Waals surface area contributed by atoms with E-state index in [0.717, 1.165) is 28.0 Å². The first-order valence-electron chi connectivity index (χ1n) is 9.04. The Morgan fingerprint density at radius 3 is 2.41 bits per heavy atom. The first kappa shape index (κ1) is 18.8. The molecule has 3 rings (SSSR count). The van der Waals surface area contributed by atoms with E-state index in [1.165, 1.54) is 0 Å². The third-order valence-corrected chi connectivity index (χ3v) is 4.91. The molecule has 0 aromatic heterocycles. The lowest BCUT2D eigenvalue weighted by atomic mass is 9.97. The first-order chi connectivity index (χ1) is 12.8. The summed E-state index contributed by atoms with van der Waals surface area (Å²) in [5.41, 5.74) is 3.01. The van der Waals surface area contributed by atoms with Gasteiger partial charge in [-0.25, -0.2) is 9.69 Å². The monoisotopic (exact) mass is 368 g/mol. The van der Waals surface area contributed by atoms with Crippen molar-refractivity contribution < 1.29 is 19.4 Å². The maximum Gasteiger partial charge on any atom is 0.329 e. The van der Waals surface area contributed by atoms with E-state index in [1.807, 2.05) is 19.9 Å². The van der Waals surface area contributed by atoms with Crippen molar-refractivity contribution in [2.75, 3.05) is 11.4 Å². The van der Waals surface area contributed by atoms with Gasteiger partial charge in [0.2, 0.25) is 0 Å². The van der Waals surface area contributed by atoms with E-state index in [2.05, 4.69) is 19.2 Å². The van der Waals surface area contributed by atoms with Gasteiger partial charge in [-0.2, -0.15) is 0 Å². The number of amides is 3. The minimum Gasteiger partial charge on any atom is -0.508 e. The Balaban J connectivity index is 1.92. The summed E-state index contributed by atoms with van der Waals surface area (Å²) in [6.45, 7) is 7.89. The van der Waals surface area contributed by atoms with Crippen molar-refractivity contribution in [1.29, 1.82) is 0 Å². The Hall–Kier alpha value is -3.02. The fourth-order valence-electron chi connectivity index (χ4n) is 3.23. The molecular weight excluding hydrogens is 344 g/mol. The van der Waals surface area contributed by atoms with Crippen LogP contribution < -0.4 is 15.0 Å². The third-order valence-electron chi connectivity index (χ3n) is 4.91. The van der Waals surface area contributed by atoms with Gasteiger partial charge >= 0.3 is 6.03 Å². The summed E-state index contributed by atoms with van der Waals surface area (Å²) < 4.78 is 6.09. The highest BCUT2D eigenvalue weighted by Crippen LogP contribution is 2.36. The van der Waals surface area contributed by atoms with Gasteiger partial charge in [-0.15, -0.1) is 0 Å². The predicted molar refractivity (Wildman–Crippen MR) is 104 cm³/mol. The van der Waals surface area contributed by atoms with Crippen LogP contribution in [0.15, 0.2) is 30.3 Å². The number of phenols is 1. The van der Waals surface area contributed by atoms with Gasteiger partial charge in [0.1, 0.15) is 17.2 Å². The molecule has 0 radical (unpaired) electrons. The van der Waals surface area contributed by atoms with E-state index >= 15 is 0 Å². The number of carbonyl (C=O) groups is 2. The molecular formula is C21H24N2O4. The summed E-state index contributed by atoms with van der Waals surface area (Å²) in [7, 11) is 0. The van der Waals surface area contributed by atoms with Crippen molar-refractivity contribution >= 4 is 17.6 Å². The lowest BCUT2D eigenvalue weighted by Crippen LogP contribution is -2.30. The molecule has 3 amide bonds. The molecule has 142 valence electrons. The number of benzene rings is 2. The van der Waals surface area contributed by atoms with Crippen LogP contribution in [0, 0.1) is 13.8 Å². The van der Waals surface area contributed by atoms with Crippen molar-refractivity contribution in [3.8, 4) is 17.2 Å². The molecule has 1 unspecified atom stereocenters. The summed E-state index contributed by atoms with van der Waals surface area (Å²) in [5, 5.41) is 12.6. The van der Waals surface area contributed by atoms with Crippen molar-refractivity contribution in [3.05, 3.63) is 47.0 Å². The molecule has 0 aliphatic carbocycles. The van der Waals surface area contributed by atoms with Crippen molar-refractivity contribution in [2.45, 2.75) is 40.0 Å². The van der Waals surface area contributed by atoms with Crippen LogP contribution in [-0.4, -0.2) is 23.6 Å². The molecule has 2 aromatic rings. The summed E-state index contributed by atoms with van der Waals surface area (Å²) in [4.78, 5) is 25.0. The zero-order valence-electron chi connectivity index (χ0n) is 16.0. The van der Waals surface area contributed by atoms with E-state index in [0.29, 0.717) is 17.2 Å².